The Kier molecular flexibility index (Phi) is 5.14. The van der Waals surface area contributed by atoms with Crippen molar-refractivity contribution < 1.29 is 17.9 Å². The lowest BCUT2D eigenvalue weighted by atomic mass is 10.1. The molecule has 0 aliphatic carbocycles. The van der Waals surface area contributed by atoms with Crippen molar-refractivity contribution in [2.75, 3.05) is 5.75 Å². The molecule has 0 saturated heterocycles. The monoisotopic (exact) mass is 406 g/mol. The van der Waals surface area contributed by atoms with Crippen LogP contribution in [0.4, 0.5) is 0 Å². The lowest BCUT2D eigenvalue weighted by molar-refractivity contribution is -0.116. The number of rotatable bonds is 7. The Labute approximate surface area is 168 Å². The Morgan fingerprint density at radius 3 is 2.24 bits per heavy atom. The van der Waals surface area contributed by atoms with E-state index in [-0.39, 0.29) is 11.6 Å². The first kappa shape index (κ1) is 18.9. The standard InChI is InChI=1S/C22H18N2O4S/c25-17(15-29(26,27)22-23-20-8-4-5-9-21(20)24-22)14-16-10-12-19(13-11-16)28-18-6-2-1-3-7-18/h1-13H,14-15H2,(H,23,24). The molecule has 0 radical (unpaired) electrons. The molecule has 0 unspecified atom stereocenters. The van der Waals surface area contributed by atoms with Gasteiger partial charge in [0.05, 0.1) is 11.0 Å². The zero-order valence-corrected chi connectivity index (χ0v) is 16.2. The summed E-state index contributed by atoms with van der Waals surface area (Å²) in [7, 11) is -3.83. The number of ether oxygens (including phenoxy) is 1. The van der Waals surface area contributed by atoms with Crippen molar-refractivity contribution in [1.82, 2.24) is 9.97 Å². The smallest absolute Gasteiger partial charge is 0.226 e. The molecule has 0 bridgehead atoms. The molecule has 0 atom stereocenters. The van der Waals surface area contributed by atoms with Crippen molar-refractivity contribution in [1.29, 1.82) is 0 Å². The first-order valence-electron chi connectivity index (χ1n) is 9.01. The van der Waals surface area contributed by atoms with Crippen LogP contribution in [-0.2, 0) is 21.1 Å². The van der Waals surface area contributed by atoms with E-state index >= 15 is 0 Å². The number of Topliss-reactive ketones (excluding diaryl/α,β-unsaturated/α-hetero) is 1. The molecule has 29 heavy (non-hydrogen) atoms. The molecule has 4 aromatic rings. The van der Waals surface area contributed by atoms with Gasteiger partial charge in [-0.15, -0.1) is 0 Å². The van der Waals surface area contributed by atoms with Crippen LogP contribution < -0.4 is 4.74 Å². The van der Waals surface area contributed by atoms with Crippen LogP contribution in [0.3, 0.4) is 0 Å². The second kappa shape index (κ2) is 7.89. The van der Waals surface area contributed by atoms with Gasteiger partial charge in [-0.3, -0.25) is 4.79 Å². The van der Waals surface area contributed by atoms with Gasteiger partial charge in [-0.25, -0.2) is 13.4 Å². The van der Waals surface area contributed by atoms with Gasteiger partial charge in [-0.05, 0) is 42.0 Å². The molecule has 0 spiro atoms. The maximum atomic E-state index is 12.5. The van der Waals surface area contributed by atoms with Gasteiger partial charge in [0.15, 0.2) is 5.78 Å². The van der Waals surface area contributed by atoms with Gasteiger partial charge in [0.1, 0.15) is 17.3 Å². The van der Waals surface area contributed by atoms with Crippen LogP contribution in [0.5, 0.6) is 11.5 Å². The number of hydrogen-bond donors (Lipinski definition) is 1. The quantitative estimate of drug-likeness (QED) is 0.502. The molecule has 7 heteroatoms. The largest absolute Gasteiger partial charge is 0.457 e. The molecule has 1 aromatic heterocycles. The van der Waals surface area contributed by atoms with E-state index in [1.165, 1.54) is 0 Å². The second-order valence-corrected chi connectivity index (χ2v) is 8.50. The number of carbonyl (C=O) groups excluding carboxylic acids is 1. The minimum absolute atomic E-state index is 0.0189. The molecule has 0 fully saturated rings. The summed E-state index contributed by atoms with van der Waals surface area (Å²) in [6.07, 6.45) is 0.0189. The van der Waals surface area contributed by atoms with Gasteiger partial charge >= 0.3 is 0 Å². The van der Waals surface area contributed by atoms with Crippen molar-refractivity contribution in [3.63, 3.8) is 0 Å². The number of benzene rings is 3. The summed E-state index contributed by atoms with van der Waals surface area (Å²) in [5, 5.41) is -0.182. The number of ketones is 1. The Balaban J connectivity index is 1.41. The number of hydrogen-bond acceptors (Lipinski definition) is 5. The third-order valence-corrected chi connectivity index (χ3v) is 5.80. The third kappa shape index (κ3) is 4.52. The minimum atomic E-state index is -3.83. The first-order chi connectivity index (χ1) is 14.0. The van der Waals surface area contributed by atoms with Crippen molar-refractivity contribution in [2.45, 2.75) is 11.6 Å². The third-order valence-electron chi connectivity index (χ3n) is 4.32. The molecular weight excluding hydrogens is 388 g/mol. The van der Waals surface area contributed by atoms with Gasteiger partial charge in [-0.1, -0.05) is 42.5 Å². The number of nitrogens with one attached hydrogen (secondary N) is 1. The average molecular weight is 406 g/mol. The van der Waals surface area contributed by atoms with Gasteiger partial charge in [0, 0.05) is 6.42 Å². The van der Waals surface area contributed by atoms with E-state index < -0.39 is 21.4 Å². The SMILES string of the molecule is O=C(Cc1ccc(Oc2ccccc2)cc1)CS(=O)(=O)c1nc2ccccc2[nH]1. The number of para-hydroxylation sites is 3. The molecule has 0 aliphatic heterocycles. The van der Waals surface area contributed by atoms with Crippen LogP contribution in [-0.4, -0.2) is 29.9 Å². The Hall–Kier alpha value is -3.45. The molecule has 6 nitrogen and oxygen atoms in total. The van der Waals surface area contributed by atoms with Crippen LogP contribution in [0.25, 0.3) is 11.0 Å². The molecular formula is C22H18N2O4S. The summed E-state index contributed by atoms with van der Waals surface area (Å²) in [6, 6.07) is 23.4. The molecule has 1 heterocycles. The van der Waals surface area contributed by atoms with Gasteiger partial charge in [0.25, 0.3) is 0 Å². The van der Waals surface area contributed by atoms with E-state index in [0.717, 1.165) is 5.56 Å². The maximum absolute atomic E-state index is 12.5. The molecule has 4 rings (SSSR count). The molecule has 0 aliphatic rings. The first-order valence-corrected chi connectivity index (χ1v) is 10.7. The number of carbonyl (C=O) groups is 1. The van der Waals surface area contributed by atoms with Crippen molar-refractivity contribution in [3.8, 4) is 11.5 Å². The Bertz CT molecular complexity index is 1210. The Morgan fingerprint density at radius 1 is 0.862 bits per heavy atom. The van der Waals surface area contributed by atoms with Crippen molar-refractivity contribution >= 4 is 26.7 Å². The summed E-state index contributed by atoms with van der Waals surface area (Å²) in [4.78, 5) is 19.2. The zero-order valence-electron chi connectivity index (χ0n) is 15.4. The van der Waals surface area contributed by atoms with Gasteiger partial charge < -0.3 is 9.72 Å². The lowest BCUT2D eigenvalue weighted by Crippen LogP contribution is -2.19. The van der Waals surface area contributed by atoms with Gasteiger partial charge in [-0.2, -0.15) is 0 Å². The molecule has 0 saturated carbocycles. The lowest BCUT2D eigenvalue weighted by Gasteiger charge is -2.06. The summed E-state index contributed by atoms with van der Waals surface area (Å²) < 4.78 is 30.8. The van der Waals surface area contributed by atoms with Crippen LogP contribution in [0, 0.1) is 0 Å². The predicted octanol–water partition coefficient (Wildman–Crippen LogP) is 3.94. The number of aromatic amines is 1. The van der Waals surface area contributed by atoms with Crippen LogP contribution in [0.15, 0.2) is 84.0 Å². The van der Waals surface area contributed by atoms with Crippen LogP contribution in [0.2, 0.25) is 0 Å². The Morgan fingerprint density at radius 2 is 1.52 bits per heavy atom. The van der Waals surface area contributed by atoms with E-state index in [2.05, 4.69) is 9.97 Å². The molecule has 146 valence electrons. The normalized spacial score (nSPS) is 11.4. The number of sulfone groups is 1. The highest BCUT2D eigenvalue weighted by molar-refractivity contribution is 7.92. The topological polar surface area (TPSA) is 89.1 Å². The van der Waals surface area contributed by atoms with Crippen LogP contribution in [0.1, 0.15) is 5.56 Å². The number of nitrogens with zero attached hydrogens (tertiary/aromatic N) is 1. The number of imidazole rings is 1. The van der Waals surface area contributed by atoms with E-state index in [1.807, 2.05) is 30.3 Å². The number of aromatic nitrogens is 2. The van der Waals surface area contributed by atoms with Crippen molar-refractivity contribution in [3.05, 3.63) is 84.4 Å². The van der Waals surface area contributed by atoms with E-state index in [4.69, 9.17) is 4.74 Å². The van der Waals surface area contributed by atoms with E-state index in [1.54, 1.807) is 48.5 Å². The second-order valence-electron chi connectivity index (χ2n) is 6.59. The molecule has 0 amide bonds. The minimum Gasteiger partial charge on any atom is -0.457 e. The summed E-state index contributed by atoms with van der Waals surface area (Å²) in [6.45, 7) is 0. The highest BCUT2D eigenvalue weighted by atomic mass is 32.2. The molecule has 3 aromatic carbocycles. The summed E-state index contributed by atoms with van der Waals surface area (Å²) >= 11 is 0. The van der Waals surface area contributed by atoms with Crippen LogP contribution >= 0.6 is 0 Å². The molecule has 1 N–H and O–H groups in total. The van der Waals surface area contributed by atoms with Crippen molar-refractivity contribution in [2.24, 2.45) is 0 Å². The highest BCUT2D eigenvalue weighted by Gasteiger charge is 2.23. The average Bonchev–Trinajstić information content (AvgIpc) is 3.15. The van der Waals surface area contributed by atoms with E-state index in [0.29, 0.717) is 22.5 Å². The highest BCUT2D eigenvalue weighted by Crippen LogP contribution is 2.21. The number of fused-ring (bicyclic) bond motifs is 1. The fourth-order valence-electron chi connectivity index (χ4n) is 2.94. The van der Waals surface area contributed by atoms with Gasteiger partial charge in [0.2, 0.25) is 15.0 Å². The van der Waals surface area contributed by atoms with E-state index in [9.17, 15) is 13.2 Å². The number of H-pyrrole nitrogens is 1. The zero-order chi connectivity index (χ0) is 20.3. The summed E-state index contributed by atoms with van der Waals surface area (Å²) in [5.74, 6) is 0.354. The maximum Gasteiger partial charge on any atom is 0.226 e. The predicted molar refractivity (Wildman–Crippen MR) is 110 cm³/mol. The fourth-order valence-corrected chi connectivity index (χ4v) is 4.10. The fraction of sp³-hybridized carbons (Fsp3) is 0.0909. The summed E-state index contributed by atoms with van der Waals surface area (Å²) in [5.41, 5.74) is 1.88.